The fraction of sp³-hybridized carbons (Fsp3) is 0.714. The second-order valence-corrected chi connectivity index (χ2v) is 5.95. The van der Waals surface area contributed by atoms with Crippen LogP contribution in [0.2, 0.25) is 0 Å². The lowest BCUT2D eigenvalue weighted by Crippen LogP contribution is -2.16. The molecule has 4 nitrogen and oxygen atoms in total. The van der Waals surface area contributed by atoms with Crippen LogP contribution in [0, 0.1) is 5.92 Å². The first-order valence-electron chi connectivity index (χ1n) is 7.12. The SMILES string of the molecule is CCc1nn(CC)c(CC(=O)CC2CCNC2)c1Br. The van der Waals surface area contributed by atoms with Gasteiger partial charge in [0.05, 0.1) is 15.9 Å². The third kappa shape index (κ3) is 3.45. The highest BCUT2D eigenvalue weighted by Gasteiger charge is 2.21. The van der Waals surface area contributed by atoms with Crippen LogP contribution in [0.25, 0.3) is 0 Å². The molecule has 2 heterocycles. The van der Waals surface area contributed by atoms with Crippen molar-refractivity contribution in [3.63, 3.8) is 0 Å². The Morgan fingerprint density at radius 1 is 1.53 bits per heavy atom. The lowest BCUT2D eigenvalue weighted by Gasteiger charge is -2.08. The van der Waals surface area contributed by atoms with Crippen LogP contribution in [0.3, 0.4) is 0 Å². The molecule has 1 aromatic rings. The number of carbonyl (C=O) groups excluding carboxylic acids is 1. The number of rotatable bonds is 6. The molecular formula is C14H22BrN3O. The van der Waals surface area contributed by atoms with Gasteiger partial charge in [-0.05, 0) is 54.7 Å². The van der Waals surface area contributed by atoms with Gasteiger partial charge in [0.15, 0.2) is 0 Å². The average Bonchev–Trinajstić information content (AvgIpc) is 2.99. The van der Waals surface area contributed by atoms with Crippen molar-refractivity contribution in [1.29, 1.82) is 0 Å². The Morgan fingerprint density at radius 3 is 2.89 bits per heavy atom. The summed E-state index contributed by atoms with van der Waals surface area (Å²) in [4.78, 5) is 12.2. The van der Waals surface area contributed by atoms with E-state index >= 15 is 0 Å². The van der Waals surface area contributed by atoms with Crippen molar-refractivity contribution >= 4 is 21.7 Å². The number of aromatic nitrogens is 2. The van der Waals surface area contributed by atoms with Gasteiger partial charge in [-0.3, -0.25) is 9.48 Å². The maximum absolute atomic E-state index is 12.2. The molecule has 19 heavy (non-hydrogen) atoms. The van der Waals surface area contributed by atoms with Gasteiger partial charge in [0, 0.05) is 19.4 Å². The van der Waals surface area contributed by atoms with Gasteiger partial charge in [0.1, 0.15) is 5.78 Å². The van der Waals surface area contributed by atoms with E-state index < -0.39 is 0 Å². The highest BCUT2D eigenvalue weighted by atomic mass is 79.9. The molecule has 1 atom stereocenters. The maximum Gasteiger partial charge on any atom is 0.139 e. The number of aryl methyl sites for hydroxylation is 2. The van der Waals surface area contributed by atoms with E-state index in [9.17, 15) is 4.79 Å². The number of carbonyl (C=O) groups is 1. The molecule has 2 rings (SSSR count). The highest BCUT2D eigenvalue weighted by Crippen LogP contribution is 2.24. The van der Waals surface area contributed by atoms with E-state index in [4.69, 9.17) is 0 Å². The monoisotopic (exact) mass is 327 g/mol. The van der Waals surface area contributed by atoms with Crippen LogP contribution in [0.1, 0.15) is 38.1 Å². The van der Waals surface area contributed by atoms with Gasteiger partial charge in [-0.1, -0.05) is 6.92 Å². The fourth-order valence-corrected chi connectivity index (χ4v) is 3.36. The van der Waals surface area contributed by atoms with Crippen LogP contribution in [-0.4, -0.2) is 28.7 Å². The van der Waals surface area contributed by atoms with Crippen LogP contribution in [-0.2, 0) is 24.2 Å². The lowest BCUT2D eigenvalue weighted by molar-refractivity contribution is -0.119. The standard InChI is InChI=1S/C14H22BrN3O/c1-3-12-14(15)13(18(4-2)17-12)8-11(19)7-10-5-6-16-9-10/h10,16H,3-9H2,1-2H3. The Morgan fingerprint density at radius 2 is 2.32 bits per heavy atom. The molecule has 1 fully saturated rings. The van der Waals surface area contributed by atoms with E-state index in [1.165, 1.54) is 0 Å². The second-order valence-electron chi connectivity index (χ2n) is 5.16. The minimum Gasteiger partial charge on any atom is -0.316 e. The Labute approximate surface area is 123 Å². The molecular weight excluding hydrogens is 306 g/mol. The number of halogens is 1. The summed E-state index contributed by atoms with van der Waals surface area (Å²) in [6.45, 7) is 7.00. The molecule has 0 aliphatic carbocycles. The van der Waals surface area contributed by atoms with Gasteiger partial charge < -0.3 is 5.32 Å². The molecule has 0 saturated carbocycles. The highest BCUT2D eigenvalue weighted by molar-refractivity contribution is 9.10. The van der Waals surface area contributed by atoms with Gasteiger partial charge in [-0.25, -0.2) is 0 Å². The molecule has 5 heteroatoms. The average molecular weight is 328 g/mol. The zero-order chi connectivity index (χ0) is 13.8. The molecule has 0 bridgehead atoms. The van der Waals surface area contributed by atoms with E-state index in [-0.39, 0.29) is 0 Å². The normalized spacial score (nSPS) is 19.0. The van der Waals surface area contributed by atoms with Gasteiger partial charge >= 0.3 is 0 Å². The molecule has 0 spiro atoms. The summed E-state index contributed by atoms with van der Waals surface area (Å²) in [6.07, 6.45) is 3.20. The molecule has 1 aliphatic heterocycles. The first-order chi connectivity index (χ1) is 9.15. The van der Waals surface area contributed by atoms with Crippen LogP contribution in [0.5, 0.6) is 0 Å². The summed E-state index contributed by atoms with van der Waals surface area (Å²) in [5, 5.41) is 7.85. The van der Waals surface area contributed by atoms with Gasteiger partial charge in [-0.15, -0.1) is 0 Å². The first kappa shape index (κ1) is 14.7. The van der Waals surface area contributed by atoms with Crippen molar-refractivity contribution < 1.29 is 4.79 Å². The molecule has 0 aromatic carbocycles. The van der Waals surface area contributed by atoms with E-state index in [1.54, 1.807) is 0 Å². The molecule has 1 unspecified atom stereocenters. The van der Waals surface area contributed by atoms with E-state index in [1.807, 2.05) is 4.68 Å². The third-order valence-electron chi connectivity index (χ3n) is 3.74. The molecule has 0 amide bonds. The van der Waals surface area contributed by atoms with Gasteiger partial charge in [-0.2, -0.15) is 5.10 Å². The molecule has 1 saturated heterocycles. The summed E-state index contributed by atoms with van der Waals surface area (Å²) in [7, 11) is 0. The summed E-state index contributed by atoms with van der Waals surface area (Å²) < 4.78 is 2.98. The molecule has 1 aliphatic rings. The number of hydrogen-bond acceptors (Lipinski definition) is 3. The number of ketones is 1. The number of Topliss-reactive ketones (excluding diaryl/α,β-unsaturated/α-hetero) is 1. The number of nitrogens with zero attached hydrogens (tertiary/aromatic N) is 2. The summed E-state index contributed by atoms with van der Waals surface area (Å²) >= 11 is 3.60. The van der Waals surface area contributed by atoms with Crippen LogP contribution >= 0.6 is 15.9 Å². The zero-order valence-corrected chi connectivity index (χ0v) is 13.3. The predicted octanol–water partition coefficient (Wildman–Crippen LogP) is 2.34. The lowest BCUT2D eigenvalue weighted by atomic mass is 9.99. The summed E-state index contributed by atoms with van der Waals surface area (Å²) in [5.41, 5.74) is 2.09. The molecule has 1 N–H and O–H groups in total. The Bertz CT molecular complexity index is 450. The number of hydrogen-bond donors (Lipinski definition) is 1. The Hall–Kier alpha value is -0.680. The molecule has 106 valence electrons. The van der Waals surface area contributed by atoms with Gasteiger partial charge in [0.25, 0.3) is 0 Å². The van der Waals surface area contributed by atoms with Crippen molar-refractivity contribution in [3.8, 4) is 0 Å². The summed E-state index contributed by atoms with van der Waals surface area (Å²) in [6, 6.07) is 0. The predicted molar refractivity (Wildman–Crippen MR) is 79.3 cm³/mol. The Balaban J connectivity index is 2.04. The van der Waals surface area contributed by atoms with E-state index in [0.29, 0.717) is 24.5 Å². The van der Waals surface area contributed by atoms with Crippen LogP contribution in [0.15, 0.2) is 4.47 Å². The quantitative estimate of drug-likeness (QED) is 0.872. The summed E-state index contributed by atoms with van der Waals surface area (Å²) in [5.74, 6) is 0.849. The Kier molecular flexibility index (Phi) is 5.16. The minimum atomic E-state index is 0.326. The maximum atomic E-state index is 12.2. The third-order valence-corrected chi connectivity index (χ3v) is 4.65. The van der Waals surface area contributed by atoms with E-state index in [0.717, 1.165) is 48.3 Å². The zero-order valence-electron chi connectivity index (χ0n) is 11.7. The van der Waals surface area contributed by atoms with Crippen molar-refractivity contribution in [2.75, 3.05) is 13.1 Å². The van der Waals surface area contributed by atoms with E-state index in [2.05, 4.69) is 40.2 Å². The van der Waals surface area contributed by atoms with Crippen molar-refractivity contribution in [1.82, 2.24) is 15.1 Å². The molecule has 1 aromatic heterocycles. The molecule has 0 radical (unpaired) electrons. The van der Waals surface area contributed by atoms with Crippen molar-refractivity contribution in [2.45, 2.75) is 46.1 Å². The van der Waals surface area contributed by atoms with Crippen LogP contribution in [0.4, 0.5) is 0 Å². The van der Waals surface area contributed by atoms with Crippen molar-refractivity contribution in [2.24, 2.45) is 5.92 Å². The smallest absolute Gasteiger partial charge is 0.139 e. The fourth-order valence-electron chi connectivity index (χ4n) is 2.66. The second kappa shape index (κ2) is 6.66. The first-order valence-corrected chi connectivity index (χ1v) is 7.91. The largest absolute Gasteiger partial charge is 0.316 e. The topological polar surface area (TPSA) is 46.9 Å². The van der Waals surface area contributed by atoms with Gasteiger partial charge in [0.2, 0.25) is 0 Å². The number of nitrogens with one attached hydrogen (secondary N) is 1. The van der Waals surface area contributed by atoms with Crippen LogP contribution < -0.4 is 5.32 Å². The minimum absolute atomic E-state index is 0.326. The van der Waals surface area contributed by atoms with Crippen molar-refractivity contribution in [3.05, 3.63) is 15.9 Å².